The van der Waals surface area contributed by atoms with Crippen molar-refractivity contribution >= 4 is 0 Å². The van der Waals surface area contributed by atoms with Crippen molar-refractivity contribution in [1.82, 2.24) is 10.2 Å². The van der Waals surface area contributed by atoms with Crippen LogP contribution in [-0.4, -0.2) is 44.7 Å². The fourth-order valence-electron chi connectivity index (χ4n) is 3.25. The Morgan fingerprint density at radius 2 is 2.19 bits per heavy atom. The van der Waals surface area contributed by atoms with E-state index in [1.54, 1.807) is 0 Å². The number of nitrogens with zero attached hydrogens (tertiary/aromatic N) is 1. The average Bonchev–Trinajstić information content (AvgIpc) is 2.86. The summed E-state index contributed by atoms with van der Waals surface area (Å²) in [5, 5.41) is 3.27. The van der Waals surface area contributed by atoms with E-state index in [2.05, 4.69) is 49.2 Å². The second-order valence-electron chi connectivity index (χ2n) is 6.53. The molecule has 1 atom stereocenters. The van der Waals surface area contributed by atoms with Gasteiger partial charge in [-0.1, -0.05) is 19.9 Å². The molecule has 1 heterocycles. The summed E-state index contributed by atoms with van der Waals surface area (Å²) in [6, 6.07) is 6.48. The van der Waals surface area contributed by atoms with Crippen molar-refractivity contribution in [3.05, 3.63) is 29.3 Å². The lowest BCUT2D eigenvalue weighted by Gasteiger charge is -2.17. The maximum absolute atomic E-state index is 5.92. The first-order valence-corrected chi connectivity index (χ1v) is 8.20. The minimum atomic E-state index is 0.577. The van der Waals surface area contributed by atoms with Crippen LogP contribution in [0.25, 0.3) is 0 Å². The zero-order valence-corrected chi connectivity index (χ0v) is 14.0. The van der Waals surface area contributed by atoms with Crippen molar-refractivity contribution < 1.29 is 4.74 Å². The lowest BCUT2D eigenvalue weighted by molar-refractivity contribution is 0.232. The molecule has 1 fully saturated rings. The third-order valence-electron chi connectivity index (χ3n) is 4.40. The minimum absolute atomic E-state index is 0.577. The van der Waals surface area contributed by atoms with E-state index in [1.165, 1.54) is 30.6 Å². The summed E-state index contributed by atoms with van der Waals surface area (Å²) in [6.45, 7) is 12.0. The van der Waals surface area contributed by atoms with Gasteiger partial charge in [-0.2, -0.15) is 0 Å². The van der Waals surface area contributed by atoms with Crippen molar-refractivity contribution in [2.24, 2.45) is 5.92 Å². The minimum Gasteiger partial charge on any atom is -0.492 e. The predicted molar refractivity (Wildman–Crippen MR) is 89.2 cm³/mol. The number of rotatable bonds is 7. The molecule has 0 radical (unpaired) electrons. The van der Waals surface area contributed by atoms with Gasteiger partial charge in [0.15, 0.2) is 0 Å². The molecule has 1 aromatic rings. The predicted octanol–water partition coefficient (Wildman–Crippen LogP) is 3.04. The van der Waals surface area contributed by atoms with E-state index in [4.69, 9.17) is 4.74 Å². The molecule has 1 N–H and O–H groups in total. The van der Waals surface area contributed by atoms with Crippen molar-refractivity contribution in [3.8, 4) is 5.75 Å². The van der Waals surface area contributed by atoms with E-state index in [0.29, 0.717) is 5.92 Å². The topological polar surface area (TPSA) is 24.5 Å². The van der Waals surface area contributed by atoms with Gasteiger partial charge in [0.1, 0.15) is 12.4 Å². The molecule has 0 aliphatic carbocycles. The van der Waals surface area contributed by atoms with E-state index in [1.807, 2.05) is 7.05 Å². The van der Waals surface area contributed by atoms with Gasteiger partial charge in [-0.25, -0.2) is 0 Å². The molecular formula is C18H30N2O. The molecule has 0 saturated carbocycles. The zero-order chi connectivity index (χ0) is 15.2. The van der Waals surface area contributed by atoms with Gasteiger partial charge < -0.3 is 10.1 Å². The summed E-state index contributed by atoms with van der Waals surface area (Å²) >= 11 is 0. The smallest absolute Gasteiger partial charge is 0.119 e. The molecule has 1 aliphatic rings. The number of hydrogen-bond donors (Lipinski definition) is 1. The third kappa shape index (κ3) is 4.72. The highest BCUT2D eigenvalue weighted by atomic mass is 16.5. The Bertz CT molecular complexity index is 445. The lowest BCUT2D eigenvalue weighted by Crippen LogP contribution is -2.28. The van der Waals surface area contributed by atoms with Gasteiger partial charge in [-0.15, -0.1) is 0 Å². The van der Waals surface area contributed by atoms with Crippen LogP contribution in [0.2, 0.25) is 0 Å². The molecule has 0 amide bonds. The van der Waals surface area contributed by atoms with Gasteiger partial charge in [0, 0.05) is 13.1 Å². The molecule has 2 rings (SSSR count). The molecule has 3 heteroatoms. The summed E-state index contributed by atoms with van der Waals surface area (Å²) in [5.74, 6) is 2.39. The number of aryl methyl sites for hydroxylation is 1. The van der Waals surface area contributed by atoms with Crippen molar-refractivity contribution in [2.75, 3.05) is 39.8 Å². The maximum atomic E-state index is 5.92. The first-order chi connectivity index (χ1) is 10.1. The number of nitrogens with one attached hydrogen (secondary N) is 1. The standard InChI is InChI=1S/C18H30N2O/c1-14(2)18-6-5-17(11-15(18)3)21-10-9-20-8-7-16(13-20)12-19-4/h5-6,11,14,16,19H,7-10,12-13H2,1-4H3. The number of benzene rings is 1. The first-order valence-electron chi connectivity index (χ1n) is 8.20. The van der Waals surface area contributed by atoms with Crippen LogP contribution >= 0.6 is 0 Å². The highest BCUT2D eigenvalue weighted by Gasteiger charge is 2.21. The van der Waals surface area contributed by atoms with Gasteiger partial charge in [0.05, 0.1) is 0 Å². The summed E-state index contributed by atoms with van der Waals surface area (Å²) in [5.41, 5.74) is 2.74. The van der Waals surface area contributed by atoms with Crippen LogP contribution in [0.15, 0.2) is 18.2 Å². The molecule has 0 aromatic heterocycles. The van der Waals surface area contributed by atoms with E-state index >= 15 is 0 Å². The summed E-state index contributed by atoms with van der Waals surface area (Å²) < 4.78 is 5.92. The third-order valence-corrected chi connectivity index (χ3v) is 4.40. The highest BCUT2D eigenvalue weighted by molar-refractivity contribution is 5.36. The van der Waals surface area contributed by atoms with Crippen molar-refractivity contribution in [1.29, 1.82) is 0 Å². The lowest BCUT2D eigenvalue weighted by atomic mass is 9.98. The van der Waals surface area contributed by atoms with E-state index in [0.717, 1.165) is 31.4 Å². The Balaban J connectivity index is 1.75. The molecule has 1 aliphatic heterocycles. The van der Waals surface area contributed by atoms with Crippen molar-refractivity contribution in [2.45, 2.75) is 33.1 Å². The molecule has 21 heavy (non-hydrogen) atoms. The van der Waals surface area contributed by atoms with Gasteiger partial charge in [-0.3, -0.25) is 4.90 Å². The summed E-state index contributed by atoms with van der Waals surface area (Å²) in [4.78, 5) is 2.51. The SMILES string of the molecule is CNCC1CCN(CCOc2ccc(C(C)C)c(C)c2)C1. The molecule has 3 nitrogen and oxygen atoms in total. The monoisotopic (exact) mass is 290 g/mol. The largest absolute Gasteiger partial charge is 0.492 e. The van der Waals surface area contributed by atoms with Crippen LogP contribution < -0.4 is 10.1 Å². The van der Waals surface area contributed by atoms with Crippen LogP contribution in [0.3, 0.4) is 0 Å². The summed E-state index contributed by atoms with van der Waals surface area (Å²) in [6.07, 6.45) is 1.31. The van der Waals surface area contributed by atoms with Gasteiger partial charge >= 0.3 is 0 Å². The van der Waals surface area contributed by atoms with Gasteiger partial charge in [0.25, 0.3) is 0 Å². The second kappa shape index (κ2) is 7.81. The zero-order valence-electron chi connectivity index (χ0n) is 14.0. The van der Waals surface area contributed by atoms with Crippen LogP contribution in [-0.2, 0) is 0 Å². The Morgan fingerprint density at radius 3 is 2.86 bits per heavy atom. The van der Waals surface area contributed by atoms with Crippen LogP contribution in [0.4, 0.5) is 0 Å². The fourth-order valence-corrected chi connectivity index (χ4v) is 3.25. The molecule has 1 aromatic carbocycles. The molecule has 1 saturated heterocycles. The van der Waals surface area contributed by atoms with Crippen LogP contribution in [0, 0.1) is 12.8 Å². The number of hydrogen-bond acceptors (Lipinski definition) is 3. The van der Waals surface area contributed by atoms with Crippen LogP contribution in [0.5, 0.6) is 5.75 Å². The van der Waals surface area contributed by atoms with Gasteiger partial charge in [-0.05, 0) is 68.6 Å². The number of ether oxygens (including phenoxy) is 1. The summed E-state index contributed by atoms with van der Waals surface area (Å²) in [7, 11) is 2.04. The number of likely N-dealkylation sites (tertiary alicyclic amines) is 1. The average molecular weight is 290 g/mol. The van der Waals surface area contributed by atoms with E-state index in [-0.39, 0.29) is 0 Å². The van der Waals surface area contributed by atoms with Crippen molar-refractivity contribution in [3.63, 3.8) is 0 Å². The van der Waals surface area contributed by atoms with E-state index in [9.17, 15) is 0 Å². The highest BCUT2D eigenvalue weighted by Crippen LogP contribution is 2.23. The molecule has 118 valence electrons. The normalized spacial score (nSPS) is 19.4. The first kappa shape index (κ1) is 16.3. The molecular weight excluding hydrogens is 260 g/mol. The molecule has 0 spiro atoms. The fraction of sp³-hybridized carbons (Fsp3) is 0.667. The molecule has 1 unspecified atom stereocenters. The van der Waals surface area contributed by atoms with Gasteiger partial charge in [0.2, 0.25) is 0 Å². The maximum Gasteiger partial charge on any atom is 0.119 e. The Morgan fingerprint density at radius 1 is 1.38 bits per heavy atom. The van der Waals surface area contributed by atoms with Crippen LogP contribution in [0.1, 0.15) is 37.3 Å². The molecule has 0 bridgehead atoms. The second-order valence-corrected chi connectivity index (χ2v) is 6.53. The quantitative estimate of drug-likeness (QED) is 0.835. The Hall–Kier alpha value is -1.06. The Labute approximate surface area is 129 Å². The Kier molecular flexibility index (Phi) is 6.07. The van der Waals surface area contributed by atoms with E-state index < -0.39 is 0 Å².